The molecule has 0 aliphatic heterocycles. The van der Waals surface area contributed by atoms with E-state index in [4.69, 9.17) is 5.73 Å². The van der Waals surface area contributed by atoms with Crippen molar-refractivity contribution in [1.29, 1.82) is 0 Å². The summed E-state index contributed by atoms with van der Waals surface area (Å²) in [6.45, 7) is -0.0393. The Bertz CT molecular complexity index is 1310. The summed E-state index contributed by atoms with van der Waals surface area (Å²) in [5, 5.41) is 13.4. The van der Waals surface area contributed by atoms with Crippen LogP contribution in [-0.2, 0) is 26.9 Å². The molecule has 1 heterocycles. The Labute approximate surface area is 226 Å². The topological polar surface area (TPSA) is 140 Å². The molecule has 0 bridgehead atoms. The number of amides is 3. The molecule has 4 rings (SSSR count). The lowest BCUT2D eigenvalue weighted by molar-refractivity contribution is -0.126. The molecule has 0 aliphatic carbocycles. The van der Waals surface area contributed by atoms with Crippen LogP contribution in [0.4, 0.5) is 16.3 Å². The van der Waals surface area contributed by atoms with Crippen molar-refractivity contribution in [1.82, 2.24) is 15.1 Å². The summed E-state index contributed by atoms with van der Waals surface area (Å²) in [6.07, 6.45) is 0.174. The predicted molar refractivity (Wildman–Crippen MR) is 148 cm³/mol. The van der Waals surface area contributed by atoms with E-state index in [9.17, 15) is 14.4 Å². The van der Waals surface area contributed by atoms with Crippen molar-refractivity contribution in [2.45, 2.75) is 12.0 Å². The van der Waals surface area contributed by atoms with Crippen molar-refractivity contribution in [2.75, 3.05) is 23.8 Å². The number of rotatable bonds is 11. The maximum absolute atomic E-state index is 12.8. The third-order valence-corrected chi connectivity index (χ3v) is 6.13. The first-order chi connectivity index (χ1) is 18.9. The molecule has 5 N–H and O–H groups in total. The van der Waals surface area contributed by atoms with Gasteiger partial charge in [-0.15, -0.1) is 0 Å². The van der Waals surface area contributed by atoms with E-state index in [1.54, 1.807) is 11.7 Å². The molecule has 0 radical (unpaired) electrons. The van der Waals surface area contributed by atoms with E-state index in [-0.39, 0.29) is 13.2 Å². The quantitative estimate of drug-likeness (QED) is 0.134. The maximum Gasteiger partial charge on any atom is 0.404 e. The lowest BCUT2D eigenvalue weighted by Crippen LogP contribution is -2.39. The number of anilines is 2. The maximum atomic E-state index is 12.8. The second-order valence-corrected chi connectivity index (χ2v) is 8.75. The number of carbonyl (C=O) groups excluding carboxylic acids is 3. The molecule has 10 nitrogen and oxygen atoms in total. The predicted octanol–water partition coefficient (Wildman–Crippen LogP) is 3.36. The Morgan fingerprint density at radius 1 is 0.846 bits per heavy atom. The number of aromatic nitrogens is 2. The average Bonchev–Trinajstić information content (AvgIpc) is 3.28. The number of hydrogen-bond acceptors (Lipinski definition) is 6. The van der Waals surface area contributed by atoms with Gasteiger partial charge in [-0.2, -0.15) is 5.10 Å². The molecule has 0 saturated heterocycles. The van der Waals surface area contributed by atoms with E-state index >= 15 is 0 Å². The minimum Gasteiger partial charge on any atom is -0.448 e. The van der Waals surface area contributed by atoms with Crippen LogP contribution in [0, 0.1) is 0 Å². The molecule has 0 fully saturated rings. The summed E-state index contributed by atoms with van der Waals surface area (Å²) in [4.78, 5) is 35.6. The lowest BCUT2D eigenvalue weighted by Gasteiger charge is -2.38. The second-order valence-electron chi connectivity index (χ2n) is 8.75. The van der Waals surface area contributed by atoms with Crippen LogP contribution in [0.1, 0.15) is 23.1 Å². The summed E-state index contributed by atoms with van der Waals surface area (Å²) < 4.78 is 6.21. The van der Waals surface area contributed by atoms with E-state index in [1.165, 1.54) is 6.20 Å². The van der Waals surface area contributed by atoms with Crippen LogP contribution in [0.3, 0.4) is 0 Å². The van der Waals surface area contributed by atoms with Crippen molar-refractivity contribution in [2.24, 2.45) is 12.8 Å². The van der Waals surface area contributed by atoms with Crippen molar-refractivity contribution in [3.8, 4) is 0 Å². The van der Waals surface area contributed by atoms with Gasteiger partial charge in [0, 0.05) is 7.05 Å². The highest BCUT2D eigenvalue weighted by Crippen LogP contribution is 2.41. The molecule has 200 valence electrons. The first kappa shape index (κ1) is 26.9. The lowest BCUT2D eigenvalue weighted by atomic mass is 9.77. The first-order valence-electron chi connectivity index (χ1n) is 12.4. The van der Waals surface area contributed by atoms with Crippen LogP contribution in [-0.4, -0.2) is 40.8 Å². The summed E-state index contributed by atoms with van der Waals surface area (Å²) in [5.74, 6) is -0.495. The molecule has 0 unspecified atom stereocenters. The average molecular weight is 527 g/mol. The Morgan fingerprint density at radius 2 is 1.36 bits per heavy atom. The minimum atomic E-state index is -0.934. The second kappa shape index (κ2) is 12.4. The van der Waals surface area contributed by atoms with Gasteiger partial charge in [0.2, 0.25) is 11.8 Å². The van der Waals surface area contributed by atoms with Gasteiger partial charge >= 0.3 is 6.09 Å². The standard InChI is InChI=1S/C29H30N6O4/c1-35-27(24(20-32-35)33-26(37)19-25(36)31-17-18-39-28(30)38)34-29(21-11-5-2-6-12-21,22-13-7-3-8-14-22)23-15-9-4-10-16-23/h2-16,20,34H,17-19H2,1H3,(H2,30,38)(H,31,36)(H,33,37). The van der Waals surface area contributed by atoms with Crippen molar-refractivity contribution >= 4 is 29.4 Å². The molecule has 4 aromatic rings. The number of aryl methyl sites for hydroxylation is 1. The van der Waals surface area contributed by atoms with Gasteiger partial charge in [0.15, 0.2) is 0 Å². The number of primary amides is 1. The molecular weight excluding hydrogens is 496 g/mol. The van der Waals surface area contributed by atoms with Crippen LogP contribution in [0.2, 0.25) is 0 Å². The number of hydrogen-bond donors (Lipinski definition) is 4. The number of benzene rings is 3. The zero-order valence-corrected chi connectivity index (χ0v) is 21.5. The molecule has 3 amide bonds. The fraction of sp³-hybridized carbons (Fsp3) is 0.172. The summed E-state index contributed by atoms with van der Waals surface area (Å²) in [5.41, 5.74) is 7.43. The molecule has 0 saturated carbocycles. The first-order valence-corrected chi connectivity index (χ1v) is 12.4. The summed E-state index contributed by atoms with van der Waals surface area (Å²) in [7, 11) is 1.77. The van der Waals surface area contributed by atoms with Crippen molar-refractivity contribution in [3.63, 3.8) is 0 Å². The Hall–Kier alpha value is -5.12. The molecule has 0 atom stereocenters. The molecule has 39 heavy (non-hydrogen) atoms. The zero-order valence-electron chi connectivity index (χ0n) is 21.5. The van der Waals surface area contributed by atoms with E-state index in [1.807, 2.05) is 91.0 Å². The monoisotopic (exact) mass is 526 g/mol. The van der Waals surface area contributed by atoms with E-state index in [2.05, 4.69) is 25.8 Å². The van der Waals surface area contributed by atoms with Crippen LogP contribution >= 0.6 is 0 Å². The summed E-state index contributed by atoms with van der Waals surface area (Å²) in [6, 6.07) is 30.1. The molecular formula is C29H30N6O4. The largest absolute Gasteiger partial charge is 0.448 e. The number of nitrogens with zero attached hydrogens (tertiary/aromatic N) is 2. The van der Waals surface area contributed by atoms with Gasteiger partial charge in [0.05, 0.1) is 12.7 Å². The normalized spacial score (nSPS) is 10.9. The van der Waals surface area contributed by atoms with Gasteiger partial charge in [-0.3, -0.25) is 14.3 Å². The third kappa shape index (κ3) is 6.42. The number of nitrogens with one attached hydrogen (secondary N) is 3. The SMILES string of the molecule is Cn1ncc(NC(=O)CC(=O)NCCOC(N)=O)c1NC(c1ccccc1)(c1ccccc1)c1ccccc1. The Morgan fingerprint density at radius 3 is 1.85 bits per heavy atom. The number of ether oxygens (including phenoxy) is 1. The Balaban J connectivity index is 1.65. The fourth-order valence-corrected chi connectivity index (χ4v) is 4.38. The number of carbonyl (C=O) groups is 3. The summed E-state index contributed by atoms with van der Waals surface area (Å²) >= 11 is 0. The van der Waals surface area contributed by atoms with Gasteiger partial charge in [-0.05, 0) is 16.7 Å². The smallest absolute Gasteiger partial charge is 0.404 e. The van der Waals surface area contributed by atoms with Crippen molar-refractivity contribution < 1.29 is 19.1 Å². The number of nitrogens with two attached hydrogens (primary N) is 1. The van der Waals surface area contributed by atoms with E-state index in [0.717, 1.165) is 16.7 Å². The highest BCUT2D eigenvalue weighted by atomic mass is 16.5. The van der Waals surface area contributed by atoms with Crippen LogP contribution < -0.4 is 21.7 Å². The highest BCUT2D eigenvalue weighted by molar-refractivity contribution is 6.04. The molecule has 0 spiro atoms. The van der Waals surface area contributed by atoms with Crippen LogP contribution in [0.25, 0.3) is 0 Å². The van der Waals surface area contributed by atoms with Gasteiger partial charge in [-0.1, -0.05) is 91.0 Å². The van der Waals surface area contributed by atoms with Crippen LogP contribution in [0.5, 0.6) is 0 Å². The van der Waals surface area contributed by atoms with Crippen molar-refractivity contribution in [3.05, 3.63) is 114 Å². The molecule has 1 aromatic heterocycles. The minimum absolute atomic E-state index is 0.0441. The van der Waals surface area contributed by atoms with Gasteiger partial charge in [0.1, 0.15) is 30.1 Å². The molecule has 0 aliphatic rings. The fourth-order valence-electron chi connectivity index (χ4n) is 4.38. The zero-order chi connectivity index (χ0) is 27.7. The van der Waals surface area contributed by atoms with Gasteiger partial charge in [0.25, 0.3) is 0 Å². The van der Waals surface area contributed by atoms with E-state index in [0.29, 0.717) is 11.5 Å². The highest BCUT2D eigenvalue weighted by Gasteiger charge is 2.37. The van der Waals surface area contributed by atoms with Crippen LogP contribution in [0.15, 0.2) is 97.2 Å². The van der Waals surface area contributed by atoms with Gasteiger partial charge in [-0.25, -0.2) is 4.79 Å². The molecule has 3 aromatic carbocycles. The van der Waals surface area contributed by atoms with E-state index < -0.39 is 29.9 Å². The third-order valence-electron chi connectivity index (χ3n) is 6.13. The van der Waals surface area contributed by atoms with Gasteiger partial charge < -0.3 is 26.4 Å². The molecule has 10 heteroatoms. The Kier molecular flexibility index (Phi) is 8.57.